The SMILES string of the molecule is COC(=O)Cc1csc(NC(=O)c2ccc(C#N)cc2)n1. The van der Waals surface area contributed by atoms with Crippen molar-refractivity contribution in [1.29, 1.82) is 5.26 Å². The van der Waals surface area contributed by atoms with E-state index in [1.807, 2.05) is 6.07 Å². The summed E-state index contributed by atoms with van der Waals surface area (Å²) in [5.41, 5.74) is 1.46. The third kappa shape index (κ3) is 3.87. The first-order valence-electron chi connectivity index (χ1n) is 5.95. The zero-order chi connectivity index (χ0) is 15.2. The van der Waals surface area contributed by atoms with E-state index in [0.29, 0.717) is 22.0 Å². The molecule has 0 aliphatic carbocycles. The summed E-state index contributed by atoms with van der Waals surface area (Å²) in [6, 6.07) is 8.25. The first-order chi connectivity index (χ1) is 10.1. The molecule has 0 radical (unpaired) electrons. The summed E-state index contributed by atoms with van der Waals surface area (Å²) in [6.07, 6.45) is 0.0692. The molecule has 1 amide bonds. The van der Waals surface area contributed by atoms with Crippen molar-refractivity contribution in [3.8, 4) is 6.07 Å². The van der Waals surface area contributed by atoms with Gasteiger partial charge in [-0.05, 0) is 24.3 Å². The van der Waals surface area contributed by atoms with E-state index in [-0.39, 0.29) is 18.3 Å². The molecule has 0 atom stereocenters. The van der Waals surface area contributed by atoms with Crippen molar-refractivity contribution in [2.24, 2.45) is 0 Å². The molecule has 0 aliphatic heterocycles. The third-order valence-electron chi connectivity index (χ3n) is 2.60. The zero-order valence-corrected chi connectivity index (χ0v) is 11.9. The molecule has 2 rings (SSSR count). The van der Waals surface area contributed by atoms with Crippen LogP contribution in [-0.2, 0) is 16.0 Å². The van der Waals surface area contributed by atoms with Gasteiger partial charge in [0.05, 0.1) is 30.9 Å². The molecule has 0 saturated heterocycles. The Morgan fingerprint density at radius 2 is 2.10 bits per heavy atom. The molecule has 6 nitrogen and oxygen atoms in total. The van der Waals surface area contributed by atoms with Crippen LogP contribution < -0.4 is 5.32 Å². The first-order valence-corrected chi connectivity index (χ1v) is 6.83. The number of carbonyl (C=O) groups excluding carboxylic acids is 2. The van der Waals surface area contributed by atoms with Crippen molar-refractivity contribution in [2.75, 3.05) is 12.4 Å². The highest BCUT2D eigenvalue weighted by molar-refractivity contribution is 7.14. The third-order valence-corrected chi connectivity index (χ3v) is 3.41. The second-order valence-corrected chi connectivity index (χ2v) is 4.90. The van der Waals surface area contributed by atoms with Crippen LogP contribution in [0.15, 0.2) is 29.6 Å². The van der Waals surface area contributed by atoms with Gasteiger partial charge in [-0.1, -0.05) is 0 Å². The quantitative estimate of drug-likeness (QED) is 0.872. The molecular formula is C14H11N3O3S. The Bertz CT molecular complexity index is 701. The highest BCUT2D eigenvalue weighted by Gasteiger charge is 2.11. The lowest BCUT2D eigenvalue weighted by atomic mass is 10.1. The standard InChI is InChI=1S/C14H11N3O3S/c1-20-12(18)6-11-8-21-14(16-11)17-13(19)10-4-2-9(7-15)3-5-10/h2-5,8H,6H2,1H3,(H,16,17,19). The molecule has 0 saturated carbocycles. The molecule has 1 heterocycles. The van der Waals surface area contributed by atoms with Crippen molar-refractivity contribution in [3.05, 3.63) is 46.5 Å². The van der Waals surface area contributed by atoms with Gasteiger partial charge in [-0.3, -0.25) is 14.9 Å². The van der Waals surface area contributed by atoms with Gasteiger partial charge < -0.3 is 4.74 Å². The lowest BCUT2D eigenvalue weighted by Gasteiger charge is -2.01. The van der Waals surface area contributed by atoms with Gasteiger partial charge in [0.1, 0.15) is 0 Å². The van der Waals surface area contributed by atoms with Crippen molar-refractivity contribution in [1.82, 2.24) is 4.98 Å². The Morgan fingerprint density at radius 1 is 1.38 bits per heavy atom. The van der Waals surface area contributed by atoms with Crippen molar-refractivity contribution < 1.29 is 14.3 Å². The monoisotopic (exact) mass is 301 g/mol. The van der Waals surface area contributed by atoms with Crippen molar-refractivity contribution >= 4 is 28.3 Å². The number of aromatic nitrogens is 1. The minimum Gasteiger partial charge on any atom is -0.469 e. The van der Waals surface area contributed by atoms with E-state index >= 15 is 0 Å². The molecule has 0 bridgehead atoms. The fourth-order valence-electron chi connectivity index (χ4n) is 1.53. The lowest BCUT2D eigenvalue weighted by molar-refractivity contribution is -0.139. The summed E-state index contributed by atoms with van der Waals surface area (Å²) in [6.45, 7) is 0. The van der Waals surface area contributed by atoms with Crippen LogP contribution in [-0.4, -0.2) is 24.0 Å². The molecular weight excluding hydrogens is 290 g/mol. The molecule has 106 valence electrons. The van der Waals surface area contributed by atoms with Crippen LogP contribution in [0.2, 0.25) is 0 Å². The number of anilines is 1. The van der Waals surface area contributed by atoms with Crippen LogP contribution in [0.5, 0.6) is 0 Å². The Kier molecular flexibility index (Phi) is 4.64. The van der Waals surface area contributed by atoms with Crippen LogP contribution in [0.3, 0.4) is 0 Å². The Labute approximate surface area is 125 Å². The van der Waals surface area contributed by atoms with E-state index in [0.717, 1.165) is 0 Å². The molecule has 0 fully saturated rings. The molecule has 0 spiro atoms. The lowest BCUT2D eigenvalue weighted by Crippen LogP contribution is -2.12. The number of esters is 1. The number of amides is 1. The minimum atomic E-state index is -0.384. The first kappa shape index (κ1) is 14.7. The predicted molar refractivity (Wildman–Crippen MR) is 76.9 cm³/mol. The maximum atomic E-state index is 12.0. The highest BCUT2D eigenvalue weighted by atomic mass is 32.1. The summed E-state index contributed by atoms with van der Waals surface area (Å²) in [5, 5.41) is 13.4. The molecule has 2 aromatic rings. The number of thiazole rings is 1. The number of nitrogens with one attached hydrogen (secondary N) is 1. The van der Waals surface area contributed by atoms with Crippen molar-refractivity contribution in [3.63, 3.8) is 0 Å². The van der Waals surface area contributed by atoms with E-state index in [2.05, 4.69) is 15.0 Å². The summed E-state index contributed by atoms with van der Waals surface area (Å²) in [5.74, 6) is -0.705. The van der Waals surface area contributed by atoms with Gasteiger partial charge in [0.25, 0.3) is 5.91 Å². The van der Waals surface area contributed by atoms with Gasteiger partial charge in [-0.15, -0.1) is 11.3 Å². The molecule has 1 N–H and O–H groups in total. The van der Waals surface area contributed by atoms with Gasteiger partial charge >= 0.3 is 5.97 Å². The van der Waals surface area contributed by atoms with E-state index < -0.39 is 0 Å². The van der Waals surface area contributed by atoms with Crippen molar-refractivity contribution in [2.45, 2.75) is 6.42 Å². The number of benzene rings is 1. The van der Waals surface area contributed by atoms with Crippen LogP contribution in [0.1, 0.15) is 21.6 Å². The van der Waals surface area contributed by atoms with Gasteiger partial charge in [0.2, 0.25) is 0 Å². The Hall–Kier alpha value is -2.72. The summed E-state index contributed by atoms with van der Waals surface area (Å²) in [4.78, 5) is 27.2. The maximum absolute atomic E-state index is 12.0. The fourth-order valence-corrected chi connectivity index (χ4v) is 2.24. The summed E-state index contributed by atoms with van der Waals surface area (Å²) in [7, 11) is 1.31. The topological polar surface area (TPSA) is 92.1 Å². The number of nitrogens with zero attached hydrogens (tertiary/aromatic N) is 2. The van der Waals surface area contributed by atoms with E-state index in [1.165, 1.54) is 18.4 Å². The van der Waals surface area contributed by atoms with Gasteiger partial charge in [0.15, 0.2) is 5.13 Å². The van der Waals surface area contributed by atoms with Gasteiger partial charge in [-0.25, -0.2) is 4.98 Å². The molecule has 21 heavy (non-hydrogen) atoms. The minimum absolute atomic E-state index is 0.0692. The summed E-state index contributed by atoms with van der Waals surface area (Å²) >= 11 is 1.23. The number of rotatable bonds is 4. The van der Waals surface area contributed by atoms with Crippen LogP contribution in [0.4, 0.5) is 5.13 Å². The number of hydrogen-bond donors (Lipinski definition) is 1. The average molecular weight is 301 g/mol. The zero-order valence-electron chi connectivity index (χ0n) is 11.1. The highest BCUT2D eigenvalue weighted by Crippen LogP contribution is 2.17. The molecule has 7 heteroatoms. The number of ether oxygens (including phenoxy) is 1. The largest absolute Gasteiger partial charge is 0.469 e. The Morgan fingerprint density at radius 3 is 2.71 bits per heavy atom. The van der Waals surface area contributed by atoms with Crippen LogP contribution in [0.25, 0.3) is 0 Å². The number of methoxy groups -OCH3 is 1. The van der Waals surface area contributed by atoms with Crippen LogP contribution in [0, 0.1) is 11.3 Å². The van der Waals surface area contributed by atoms with Gasteiger partial charge in [0, 0.05) is 10.9 Å². The predicted octanol–water partition coefficient (Wildman–Crippen LogP) is 1.98. The van der Waals surface area contributed by atoms with Crippen LogP contribution >= 0.6 is 11.3 Å². The Balaban J connectivity index is 2.02. The maximum Gasteiger partial charge on any atom is 0.311 e. The second-order valence-electron chi connectivity index (χ2n) is 4.04. The molecule has 1 aromatic carbocycles. The van der Waals surface area contributed by atoms with E-state index in [1.54, 1.807) is 29.6 Å². The number of nitriles is 1. The smallest absolute Gasteiger partial charge is 0.311 e. The second kappa shape index (κ2) is 6.63. The molecule has 1 aromatic heterocycles. The van der Waals surface area contributed by atoms with Gasteiger partial charge in [-0.2, -0.15) is 5.26 Å². The normalized spacial score (nSPS) is 9.71. The molecule has 0 aliphatic rings. The summed E-state index contributed by atoms with van der Waals surface area (Å²) < 4.78 is 4.55. The number of hydrogen-bond acceptors (Lipinski definition) is 6. The molecule has 0 unspecified atom stereocenters. The fraction of sp³-hybridized carbons (Fsp3) is 0.143. The average Bonchev–Trinajstić information content (AvgIpc) is 2.94. The number of carbonyl (C=O) groups is 2. The van der Waals surface area contributed by atoms with E-state index in [9.17, 15) is 9.59 Å². The van der Waals surface area contributed by atoms with E-state index in [4.69, 9.17) is 5.26 Å².